The Hall–Kier alpha value is -0.700. The van der Waals surface area contributed by atoms with E-state index in [1.54, 1.807) is 0 Å². The first-order chi connectivity index (χ1) is 5.86. The van der Waals surface area contributed by atoms with Gasteiger partial charge in [-0.1, -0.05) is 13.3 Å². The van der Waals surface area contributed by atoms with E-state index in [4.69, 9.17) is 5.11 Å². The second kappa shape index (κ2) is 5.04. The molecular weight excluding hydrogens is 152 g/mol. The van der Waals surface area contributed by atoms with Crippen LogP contribution in [0, 0.1) is 0 Å². The minimum Gasteiger partial charge on any atom is -0.395 e. The zero-order chi connectivity index (χ0) is 8.81. The summed E-state index contributed by atoms with van der Waals surface area (Å²) >= 11 is 0. The zero-order valence-corrected chi connectivity index (χ0v) is 7.74. The predicted octanol–water partition coefficient (Wildman–Crippen LogP) is 0.825. The molecular formula is C9H18N2O. The number of rotatable bonds is 5. The van der Waals surface area contributed by atoms with E-state index >= 15 is 0 Å². The van der Waals surface area contributed by atoms with Gasteiger partial charge in [0.25, 0.3) is 0 Å². The van der Waals surface area contributed by atoms with Crippen LogP contribution in [0.15, 0.2) is 12.4 Å². The van der Waals surface area contributed by atoms with Crippen LogP contribution in [0.3, 0.4) is 0 Å². The lowest BCUT2D eigenvalue weighted by Crippen LogP contribution is -2.27. The molecule has 1 heterocycles. The summed E-state index contributed by atoms with van der Waals surface area (Å²) < 4.78 is 0. The molecule has 3 nitrogen and oxygen atoms in total. The second-order valence-corrected chi connectivity index (χ2v) is 3.14. The first-order valence-corrected chi connectivity index (χ1v) is 4.64. The third kappa shape index (κ3) is 2.74. The summed E-state index contributed by atoms with van der Waals surface area (Å²) in [5, 5.41) is 8.69. The lowest BCUT2D eigenvalue weighted by molar-refractivity contribution is 0.205. The van der Waals surface area contributed by atoms with E-state index < -0.39 is 0 Å². The van der Waals surface area contributed by atoms with Crippen LogP contribution < -0.4 is 0 Å². The van der Waals surface area contributed by atoms with E-state index in [1.807, 2.05) is 6.20 Å². The van der Waals surface area contributed by atoms with Crippen molar-refractivity contribution in [1.82, 2.24) is 9.80 Å². The van der Waals surface area contributed by atoms with Crippen LogP contribution >= 0.6 is 0 Å². The lowest BCUT2D eigenvalue weighted by atomic mass is 10.3. The van der Waals surface area contributed by atoms with E-state index in [0.29, 0.717) is 0 Å². The molecule has 0 aromatic carbocycles. The van der Waals surface area contributed by atoms with Gasteiger partial charge in [0.15, 0.2) is 0 Å². The summed E-state index contributed by atoms with van der Waals surface area (Å²) in [5.41, 5.74) is 0. The number of unbranched alkanes of at least 4 members (excludes halogenated alkanes) is 1. The van der Waals surface area contributed by atoms with Crippen molar-refractivity contribution in [2.45, 2.75) is 19.8 Å². The molecule has 0 aromatic heterocycles. The molecule has 0 unspecified atom stereocenters. The third-order valence-corrected chi connectivity index (χ3v) is 2.04. The van der Waals surface area contributed by atoms with E-state index in [-0.39, 0.29) is 6.61 Å². The smallest absolute Gasteiger partial charge is 0.0894 e. The minimum atomic E-state index is 0.242. The van der Waals surface area contributed by atoms with Gasteiger partial charge < -0.3 is 14.9 Å². The Morgan fingerprint density at radius 2 is 1.92 bits per heavy atom. The molecule has 70 valence electrons. The molecule has 3 heteroatoms. The third-order valence-electron chi connectivity index (χ3n) is 2.04. The highest BCUT2D eigenvalue weighted by atomic mass is 16.3. The monoisotopic (exact) mass is 170 g/mol. The molecule has 12 heavy (non-hydrogen) atoms. The van der Waals surface area contributed by atoms with Crippen molar-refractivity contribution >= 4 is 0 Å². The molecule has 0 saturated carbocycles. The summed E-state index contributed by atoms with van der Waals surface area (Å²) in [6, 6.07) is 0. The van der Waals surface area contributed by atoms with Crippen LogP contribution in [0.4, 0.5) is 0 Å². The molecule has 0 atom stereocenters. The van der Waals surface area contributed by atoms with Crippen LogP contribution in [-0.2, 0) is 0 Å². The first-order valence-electron chi connectivity index (χ1n) is 4.64. The summed E-state index contributed by atoms with van der Waals surface area (Å²) in [4.78, 5) is 4.40. The molecule has 0 bridgehead atoms. The molecule has 0 aromatic rings. The minimum absolute atomic E-state index is 0.242. The summed E-state index contributed by atoms with van der Waals surface area (Å²) in [5.74, 6) is 0. The number of β-amino-alcohol motifs (C(OH)–C–C–N with tert-alkyl or cyclic N) is 1. The molecule has 0 spiro atoms. The first kappa shape index (κ1) is 9.39. The predicted molar refractivity (Wildman–Crippen MR) is 49.4 cm³/mol. The Bertz CT molecular complexity index is 147. The van der Waals surface area contributed by atoms with E-state index in [1.165, 1.54) is 12.8 Å². The highest BCUT2D eigenvalue weighted by Crippen LogP contribution is 2.06. The van der Waals surface area contributed by atoms with E-state index in [0.717, 1.165) is 19.8 Å². The molecule has 1 N–H and O–H groups in total. The fraction of sp³-hybridized carbons (Fsp3) is 0.778. The van der Waals surface area contributed by atoms with Gasteiger partial charge in [0.05, 0.1) is 13.3 Å². The number of hydrogen-bond donors (Lipinski definition) is 1. The quantitative estimate of drug-likeness (QED) is 0.662. The lowest BCUT2D eigenvalue weighted by Gasteiger charge is -2.19. The molecule has 0 aliphatic carbocycles. The maximum absolute atomic E-state index is 8.69. The normalized spacial score (nSPS) is 16.2. The van der Waals surface area contributed by atoms with Gasteiger partial charge in [-0.3, -0.25) is 0 Å². The van der Waals surface area contributed by atoms with Gasteiger partial charge in [-0.2, -0.15) is 0 Å². The van der Waals surface area contributed by atoms with Crippen LogP contribution in [0.1, 0.15) is 19.8 Å². The molecule has 1 aliphatic rings. The molecule has 0 amide bonds. The second-order valence-electron chi connectivity index (χ2n) is 3.14. The molecule has 1 rings (SSSR count). The largest absolute Gasteiger partial charge is 0.395 e. The van der Waals surface area contributed by atoms with Crippen LogP contribution in [0.5, 0.6) is 0 Å². The Balaban J connectivity index is 2.14. The number of aliphatic hydroxyl groups excluding tert-OH is 1. The van der Waals surface area contributed by atoms with Crippen molar-refractivity contribution in [2.24, 2.45) is 0 Å². The van der Waals surface area contributed by atoms with E-state index in [2.05, 4.69) is 22.9 Å². The van der Waals surface area contributed by atoms with Crippen LogP contribution in [0.2, 0.25) is 0 Å². The Labute approximate surface area is 74.3 Å². The highest BCUT2D eigenvalue weighted by molar-refractivity contribution is 4.89. The molecule has 0 fully saturated rings. The van der Waals surface area contributed by atoms with Gasteiger partial charge in [-0.25, -0.2) is 0 Å². The Kier molecular flexibility index (Phi) is 3.94. The Morgan fingerprint density at radius 3 is 2.50 bits per heavy atom. The van der Waals surface area contributed by atoms with Crippen molar-refractivity contribution in [3.63, 3.8) is 0 Å². The van der Waals surface area contributed by atoms with Gasteiger partial charge in [0.1, 0.15) is 0 Å². The van der Waals surface area contributed by atoms with Gasteiger partial charge in [-0.15, -0.1) is 0 Å². The van der Waals surface area contributed by atoms with Crippen LogP contribution in [-0.4, -0.2) is 41.3 Å². The number of hydrogen-bond acceptors (Lipinski definition) is 3. The average Bonchev–Trinajstić information content (AvgIpc) is 2.50. The highest BCUT2D eigenvalue weighted by Gasteiger charge is 2.09. The van der Waals surface area contributed by atoms with Crippen molar-refractivity contribution < 1.29 is 5.11 Å². The van der Waals surface area contributed by atoms with Gasteiger partial charge in [0.2, 0.25) is 0 Å². The van der Waals surface area contributed by atoms with Crippen LogP contribution in [0.25, 0.3) is 0 Å². The maximum atomic E-state index is 8.69. The molecule has 0 saturated heterocycles. The molecule has 0 radical (unpaired) electrons. The SMILES string of the molecule is CCCCN1C=CN(CCO)C1. The summed E-state index contributed by atoms with van der Waals surface area (Å²) in [7, 11) is 0. The van der Waals surface area contributed by atoms with Gasteiger partial charge >= 0.3 is 0 Å². The topological polar surface area (TPSA) is 26.7 Å². The van der Waals surface area contributed by atoms with Crippen molar-refractivity contribution in [2.75, 3.05) is 26.4 Å². The summed E-state index contributed by atoms with van der Waals surface area (Å²) in [6.07, 6.45) is 6.64. The number of aliphatic hydroxyl groups is 1. The van der Waals surface area contributed by atoms with E-state index in [9.17, 15) is 0 Å². The zero-order valence-electron chi connectivity index (χ0n) is 7.74. The van der Waals surface area contributed by atoms with Gasteiger partial charge in [0, 0.05) is 25.5 Å². The van der Waals surface area contributed by atoms with Crippen molar-refractivity contribution in [3.8, 4) is 0 Å². The van der Waals surface area contributed by atoms with Crippen molar-refractivity contribution in [3.05, 3.63) is 12.4 Å². The summed E-state index contributed by atoms with van der Waals surface area (Å²) in [6.45, 7) is 5.27. The average molecular weight is 170 g/mol. The number of nitrogens with zero attached hydrogens (tertiary/aromatic N) is 2. The van der Waals surface area contributed by atoms with Crippen molar-refractivity contribution in [1.29, 1.82) is 0 Å². The fourth-order valence-corrected chi connectivity index (χ4v) is 1.30. The fourth-order valence-electron chi connectivity index (χ4n) is 1.30. The molecule has 1 aliphatic heterocycles. The maximum Gasteiger partial charge on any atom is 0.0894 e. The standard InChI is InChI=1S/C9H18N2O/c1-2-3-4-10-5-6-11(9-10)7-8-12/h5-6,12H,2-4,7-9H2,1H3. The Morgan fingerprint density at radius 1 is 1.25 bits per heavy atom. The van der Waals surface area contributed by atoms with Gasteiger partial charge in [-0.05, 0) is 6.42 Å².